The number of rotatable bonds is 7. The van der Waals surface area contributed by atoms with Crippen molar-refractivity contribution in [1.29, 1.82) is 0 Å². The third-order valence-electron chi connectivity index (χ3n) is 6.99. The summed E-state index contributed by atoms with van der Waals surface area (Å²) in [4.78, 5) is 6.47. The van der Waals surface area contributed by atoms with Gasteiger partial charge in [0.1, 0.15) is 5.82 Å². The molecule has 11 heteroatoms. The Bertz CT molecular complexity index is 1190. The minimum atomic E-state index is -4.52. The first-order valence-electron chi connectivity index (χ1n) is 11.2. The molecule has 182 valence electrons. The maximum Gasteiger partial charge on any atom is 0.416 e. The predicted molar refractivity (Wildman–Crippen MR) is 119 cm³/mol. The Morgan fingerprint density at radius 1 is 1.26 bits per heavy atom. The number of benzene rings is 1. The lowest BCUT2D eigenvalue weighted by Crippen LogP contribution is -2.23. The van der Waals surface area contributed by atoms with Crippen LogP contribution >= 0.6 is 11.8 Å². The molecule has 1 aromatic carbocycles. The van der Waals surface area contributed by atoms with Crippen LogP contribution in [0.15, 0.2) is 34.2 Å². The summed E-state index contributed by atoms with van der Waals surface area (Å²) in [5.41, 5.74) is 0.260. The van der Waals surface area contributed by atoms with E-state index >= 15 is 0 Å². The molecule has 1 saturated heterocycles. The summed E-state index contributed by atoms with van der Waals surface area (Å²) in [6.45, 7) is 4.58. The molecule has 0 radical (unpaired) electrons. The van der Waals surface area contributed by atoms with Crippen molar-refractivity contribution in [2.75, 3.05) is 25.4 Å². The zero-order chi connectivity index (χ0) is 24.1. The van der Waals surface area contributed by atoms with Gasteiger partial charge in [0.05, 0.1) is 11.3 Å². The average molecular weight is 496 g/mol. The van der Waals surface area contributed by atoms with E-state index in [4.69, 9.17) is 4.42 Å². The van der Waals surface area contributed by atoms with Gasteiger partial charge in [0.2, 0.25) is 5.82 Å². The number of hydrogen-bond acceptors (Lipinski definition) is 6. The van der Waals surface area contributed by atoms with Gasteiger partial charge in [-0.1, -0.05) is 17.8 Å². The molecular weight excluding hydrogens is 470 g/mol. The molecule has 2 atom stereocenters. The minimum Gasteiger partial charge on any atom is -0.440 e. The van der Waals surface area contributed by atoms with E-state index in [0.29, 0.717) is 23.2 Å². The van der Waals surface area contributed by atoms with E-state index in [9.17, 15) is 17.6 Å². The normalized spacial score (nSPS) is 22.7. The van der Waals surface area contributed by atoms with Crippen LogP contribution in [0.2, 0.25) is 0 Å². The molecule has 34 heavy (non-hydrogen) atoms. The Balaban J connectivity index is 1.11. The summed E-state index contributed by atoms with van der Waals surface area (Å²) in [5.74, 6) is 1.41. The number of aryl methyl sites for hydroxylation is 1. The Morgan fingerprint density at radius 3 is 2.79 bits per heavy atom. The molecule has 0 amide bonds. The standard InChI is InChI=1S/C23H25F4N5OS/c1-14-19(33-13-28-14)20-29-30-21(31(20)2)34-9-3-7-32-8-6-22(12-32)11-17(22)16-5-4-15(10-18(16)24)23(25,26)27/h4-5,10,13,17H,3,6-9,11-12H2,1-2H3. The van der Waals surface area contributed by atoms with Gasteiger partial charge in [-0.15, -0.1) is 10.2 Å². The monoisotopic (exact) mass is 495 g/mol. The van der Waals surface area contributed by atoms with Crippen LogP contribution < -0.4 is 0 Å². The number of halogens is 4. The second kappa shape index (κ2) is 8.67. The van der Waals surface area contributed by atoms with Crippen LogP contribution in [0.5, 0.6) is 0 Å². The second-order valence-corrected chi connectivity index (χ2v) is 10.3. The molecule has 5 rings (SSSR count). The molecule has 0 N–H and O–H groups in total. The zero-order valence-electron chi connectivity index (χ0n) is 18.9. The fourth-order valence-corrected chi connectivity index (χ4v) is 5.84. The van der Waals surface area contributed by atoms with Gasteiger partial charge in [0.15, 0.2) is 17.3 Å². The van der Waals surface area contributed by atoms with E-state index in [2.05, 4.69) is 20.1 Å². The van der Waals surface area contributed by atoms with Crippen molar-refractivity contribution in [3.05, 3.63) is 47.2 Å². The van der Waals surface area contributed by atoms with Crippen LogP contribution in [0.4, 0.5) is 17.6 Å². The molecule has 1 aliphatic carbocycles. The van der Waals surface area contributed by atoms with Gasteiger partial charge in [0.25, 0.3) is 0 Å². The van der Waals surface area contributed by atoms with Crippen molar-refractivity contribution in [1.82, 2.24) is 24.6 Å². The lowest BCUT2D eigenvalue weighted by molar-refractivity contribution is -0.137. The number of oxazole rings is 1. The molecular formula is C23H25F4N5OS. The molecule has 2 fully saturated rings. The van der Waals surface area contributed by atoms with Crippen molar-refractivity contribution >= 4 is 11.8 Å². The van der Waals surface area contributed by atoms with Gasteiger partial charge in [-0.25, -0.2) is 9.37 Å². The van der Waals surface area contributed by atoms with Gasteiger partial charge >= 0.3 is 6.18 Å². The van der Waals surface area contributed by atoms with E-state index in [1.165, 1.54) is 12.5 Å². The van der Waals surface area contributed by atoms with Crippen LogP contribution in [0.3, 0.4) is 0 Å². The van der Waals surface area contributed by atoms with E-state index < -0.39 is 17.6 Å². The lowest BCUT2D eigenvalue weighted by Gasteiger charge is -2.16. The molecule has 0 bridgehead atoms. The molecule has 1 saturated carbocycles. The number of nitrogens with zero attached hydrogens (tertiary/aromatic N) is 5. The fourth-order valence-electron chi connectivity index (χ4n) is 5.01. The number of alkyl halides is 3. The highest BCUT2D eigenvalue weighted by Gasteiger charge is 2.58. The van der Waals surface area contributed by atoms with E-state index in [-0.39, 0.29) is 11.3 Å². The SMILES string of the molecule is Cc1ncoc1-c1nnc(SCCCN2CCC3(CC3c3ccc(C(F)(F)F)cc3F)C2)n1C. The topological polar surface area (TPSA) is 60.0 Å². The Labute approximate surface area is 198 Å². The molecule has 2 aliphatic rings. The summed E-state index contributed by atoms with van der Waals surface area (Å²) >= 11 is 1.63. The van der Waals surface area contributed by atoms with Crippen LogP contribution in [0.25, 0.3) is 11.6 Å². The molecule has 6 nitrogen and oxygen atoms in total. The quantitative estimate of drug-likeness (QED) is 0.252. The fraction of sp³-hybridized carbons (Fsp3) is 0.522. The summed E-state index contributed by atoms with van der Waals surface area (Å²) < 4.78 is 60.2. The van der Waals surface area contributed by atoms with Crippen molar-refractivity contribution in [3.63, 3.8) is 0 Å². The molecule has 3 heterocycles. The van der Waals surface area contributed by atoms with Crippen molar-refractivity contribution in [2.24, 2.45) is 12.5 Å². The van der Waals surface area contributed by atoms with Crippen LogP contribution in [0.1, 0.15) is 42.0 Å². The third kappa shape index (κ3) is 4.35. The van der Waals surface area contributed by atoms with Crippen molar-refractivity contribution < 1.29 is 22.0 Å². The van der Waals surface area contributed by atoms with Gasteiger partial charge < -0.3 is 13.9 Å². The van der Waals surface area contributed by atoms with Gasteiger partial charge in [-0.2, -0.15) is 13.2 Å². The van der Waals surface area contributed by atoms with Crippen molar-refractivity contribution in [2.45, 2.75) is 43.4 Å². The summed E-state index contributed by atoms with van der Waals surface area (Å²) in [5, 5.41) is 9.29. The predicted octanol–water partition coefficient (Wildman–Crippen LogP) is 5.30. The largest absolute Gasteiger partial charge is 0.440 e. The minimum absolute atomic E-state index is 0.00115. The smallest absolute Gasteiger partial charge is 0.416 e. The maximum atomic E-state index is 14.4. The molecule has 1 spiro atoms. The van der Waals surface area contributed by atoms with Gasteiger partial charge in [-0.05, 0) is 68.3 Å². The highest BCUT2D eigenvalue weighted by Crippen LogP contribution is 2.64. The first kappa shape index (κ1) is 23.3. The number of likely N-dealkylation sites (tertiary alicyclic amines) is 1. The molecule has 1 aliphatic heterocycles. The first-order chi connectivity index (χ1) is 16.2. The maximum absolute atomic E-state index is 14.4. The third-order valence-corrected chi connectivity index (χ3v) is 8.10. The number of thioether (sulfide) groups is 1. The van der Waals surface area contributed by atoms with Crippen LogP contribution in [0, 0.1) is 18.2 Å². The highest BCUT2D eigenvalue weighted by atomic mass is 32.2. The average Bonchev–Trinajstić information content (AvgIpc) is 3.07. The summed E-state index contributed by atoms with van der Waals surface area (Å²) in [6.07, 6.45) is -0.378. The summed E-state index contributed by atoms with van der Waals surface area (Å²) in [6, 6.07) is 2.95. The van der Waals surface area contributed by atoms with Gasteiger partial charge in [-0.3, -0.25) is 0 Å². The van der Waals surface area contributed by atoms with Crippen molar-refractivity contribution in [3.8, 4) is 11.6 Å². The van der Waals surface area contributed by atoms with E-state index in [0.717, 1.165) is 61.6 Å². The van der Waals surface area contributed by atoms with Gasteiger partial charge in [0, 0.05) is 19.3 Å². The Hall–Kier alpha value is -2.40. The van der Waals surface area contributed by atoms with Crippen LogP contribution in [-0.2, 0) is 13.2 Å². The Morgan fingerprint density at radius 2 is 2.09 bits per heavy atom. The molecule has 2 aromatic heterocycles. The second-order valence-electron chi connectivity index (χ2n) is 9.21. The number of hydrogen-bond donors (Lipinski definition) is 0. The molecule has 3 aromatic rings. The number of aromatic nitrogens is 4. The summed E-state index contributed by atoms with van der Waals surface area (Å²) in [7, 11) is 1.90. The molecule has 2 unspecified atom stereocenters. The first-order valence-corrected chi connectivity index (χ1v) is 12.2. The van der Waals surface area contributed by atoms with Crippen LogP contribution in [-0.4, -0.2) is 50.0 Å². The highest BCUT2D eigenvalue weighted by molar-refractivity contribution is 7.99. The lowest BCUT2D eigenvalue weighted by atomic mass is 9.97. The van der Waals surface area contributed by atoms with E-state index in [1.807, 2.05) is 18.5 Å². The Kier molecular flexibility index (Phi) is 5.96. The zero-order valence-corrected chi connectivity index (χ0v) is 19.7. The van der Waals surface area contributed by atoms with E-state index in [1.54, 1.807) is 11.8 Å².